The minimum absolute atomic E-state index is 0.347. The van der Waals surface area contributed by atoms with E-state index < -0.39 is 0 Å². The van der Waals surface area contributed by atoms with E-state index in [9.17, 15) is 4.79 Å². The number of methoxy groups -OCH3 is 1. The Morgan fingerprint density at radius 1 is 1.24 bits per heavy atom. The lowest BCUT2D eigenvalue weighted by atomic mass is 10.2. The average molecular weight is 475 g/mol. The highest BCUT2D eigenvalue weighted by atomic mass is 79.9. The molecule has 3 rings (SSSR count). The molecule has 148 valence electrons. The minimum atomic E-state index is -0.347. The van der Waals surface area contributed by atoms with Crippen LogP contribution < -0.4 is 14.9 Å². The number of hydrazone groups is 1. The molecular weight excluding hydrogens is 458 g/mol. The van der Waals surface area contributed by atoms with E-state index in [0.717, 1.165) is 10.0 Å². The van der Waals surface area contributed by atoms with Gasteiger partial charge in [0.1, 0.15) is 6.61 Å². The second-order valence-corrected chi connectivity index (χ2v) is 7.17. The number of benzene rings is 2. The number of aromatic nitrogens is 1. The van der Waals surface area contributed by atoms with E-state index >= 15 is 0 Å². The highest BCUT2D eigenvalue weighted by Crippen LogP contribution is 2.33. The molecule has 0 saturated carbocycles. The fraction of sp³-hybridized carbons (Fsp3) is 0.0952. The monoisotopic (exact) mass is 473 g/mol. The van der Waals surface area contributed by atoms with Crippen LogP contribution >= 0.6 is 27.5 Å². The van der Waals surface area contributed by atoms with Crippen LogP contribution in [0.5, 0.6) is 11.5 Å². The third-order valence-corrected chi connectivity index (χ3v) is 4.82. The third kappa shape index (κ3) is 5.79. The van der Waals surface area contributed by atoms with Crippen LogP contribution in [0.2, 0.25) is 5.02 Å². The van der Waals surface area contributed by atoms with E-state index in [1.807, 2.05) is 24.3 Å². The lowest BCUT2D eigenvalue weighted by Gasteiger charge is -2.13. The molecule has 8 heteroatoms. The van der Waals surface area contributed by atoms with Gasteiger partial charge >= 0.3 is 0 Å². The largest absolute Gasteiger partial charge is 0.493 e. The van der Waals surface area contributed by atoms with Crippen LogP contribution in [-0.4, -0.2) is 24.2 Å². The second kappa shape index (κ2) is 10.0. The summed E-state index contributed by atoms with van der Waals surface area (Å²) in [5, 5.41) is 4.67. The summed E-state index contributed by atoms with van der Waals surface area (Å²) in [6, 6.07) is 14.3. The number of ether oxygens (including phenoxy) is 2. The number of carbonyl (C=O) groups is 1. The maximum Gasteiger partial charge on any atom is 0.272 e. The molecule has 0 fully saturated rings. The molecule has 3 aromatic rings. The minimum Gasteiger partial charge on any atom is -0.493 e. The Hall–Kier alpha value is -2.90. The summed E-state index contributed by atoms with van der Waals surface area (Å²) >= 11 is 9.39. The fourth-order valence-corrected chi connectivity index (χ4v) is 2.94. The van der Waals surface area contributed by atoms with Gasteiger partial charge < -0.3 is 9.47 Å². The molecule has 1 aromatic heterocycles. The van der Waals surface area contributed by atoms with Crippen molar-refractivity contribution in [2.45, 2.75) is 6.61 Å². The van der Waals surface area contributed by atoms with E-state index in [1.165, 1.54) is 12.4 Å². The molecular formula is C21H17BrClN3O3. The van der Waals surface area contributed by atoms with Crippen molar-refractivity contribution < 1.29 is 14.3 Å². The van der Waals surface area contributed by atoms with Crippen molar-refractivity contribution in [3.63, 3.8) is 0 Å². The fourth-order valence-electron chi connectivity index (χ4n) is 2.39. The molecule has 2 aromatic carbocycles. The molecule has 0 spiro atoms. The predicted octanol–water partition coefficient (Wildman–Crippen LogP) is 4.85. The van der Waals surface area contributed by atoms with Crippen molar-refractivity contribution in [1.29, 1.82) is 0 Å². The number of nitrogens with zero attached hydrogens (tertiary/aromatic N) is 2. The Morgan fingerprint density at radius 3 is 2.72 bits per heavy atom. The summed E-state index contributed by atoms with van der Waals surface area (Å²) in [6.07, 6.45) is 4.58. The number of carbonyl (C=O) groups excluding carboxylic acids is 1. The maximum atomic E-state index is 12.0. The Kier molecular flexibility index (Phi) is 7.21. The summed E-state index contributed by atoms with van der Waals surface area (Å²) in [6.45, 7) is 0.370. The van der Waals surface area contributed by atoms with Gasteiger partial charge in [0.25, 0.3) is 5.91 Å². The van der Waals surface area contributed by atoms with E-state index in [-0.39, 0.29) is 5.91 Å². The van der Waals surface area contributed by atoms with Gasteiger partial charge in [-0.05, 0) is 57.9 Å². The first-order valence-electron chi connectivity index (χ1n) is 8.55. The van der Waals surface area contributed by atoms with Gasteiger partial charge in [0.15, 0.2) is 11.5 Å². The van der Waals surface area contributed by atoms with Crippen molar-refractivity contribution in [1.82, 2.24) is 10.4 Å². The number of pyridine rings is 1. The molecule has 0 bridgehead atoms. The molecule has 1 amide bonds. The van der Waals surface area contributed by atoms with Gasteiger partial charge in [-0.15, -0.1) is 0 Å². The summed E-state index contributed by atoms with van der Waals surface area (Å²) in [5.74, 6) is 0.772. The molecule has 0 aliphatic carbocycles. The topological polar surface area (TPSA) is 72.8 Å². The normalized spacial score (nSPS) is 10.7. The van der Waals surface area contributed by atoms with Crippen LogP contribution in [-0.2, 0) is 6.61 Å². The molecule has 1 N–H and O–H groups in total. The lowest BCUT2D eigenvalue weighted by molar-refractivity contribution is 0.0955. The van der Waals surface area contributed by atoms with Gasteiger partial charge in [-0.25, -0.2) is 5.43 Å². The standard InChI is InChI=1S/C21H17BrClN3O3/c1-28-19-9-16(12-25-26-21(27)15-3-2-8-24-11-15)18(22)10-20(19)29-13-14-4-6-17(23)7-5-14/h2-12H,13H2,1H3,(H,26,27)/b25-12+. The highest BCUT2D eigenvalue weighted by Gasteiger charge is 2.10. The van der Waals surface area contributed by atoms with Crippen LogP contribution in [0.25, 0.3) is 0 Å². The Morgan fingerprint density at radius 2 is 2.03 bits per heavy atom. The second-order valence-electron chi connectivity index (χ2n) is 5.88. The first kappa shape index (κ1) is 20.8. The number of halogens is 2. The highest BCUT2D eigenvalue weighted by molar-refractivity contribution is 9.10. The van der Waals surface area contributed by atoms with Gasteiger partial charge in [-0.3, -0.25) is 9.78 Å². The van der Waals surface area contributed by atoms with Crippen molar-refractivity contribution in [2.24, 2.45) is 5.10 Å². The van der Waals surface area contributed by atoms with Crippen molar-refractivity contribution in [3.05, 3.63) is 87.1 Å². The summed E-state index contributed by atoms with van der Waals surface area (Å²) < 4.78 is 12.0. The molecule has 0 unspecified atom stereocenters. The molecule has 29 heavy (non-hydrogen) atoms. The van der Waals surface area contributed by atoms with Gasteiger partial charge in [-0.2, -0.15) is 5.10 Å². The molecule has 0 atom stereocenters. The molecule has 0 aliphatic heterocycles. The van der Waals surface area contributed by atoms with Gasteiger partial charge in [-0.1, -0.05) is 23.7 Å². The number of amides is 1. The molecule has 0 aliphatic rings. The van der Waals surface area contributed by atoms with Crippen LogP contribution in [0.1, 0.15) is 21.5 Å². The lowest BCUT2D eigenvalue weighted by Crippen LogP contribution is -2.17. The van der Waals surface area contributed by atoms with Crippen LogP contribution in [0.3, 0.4) is 0 Å². The third-order valence-electron chi connectivity index (χ3n) is 3.88. The number of nitrogens with one attached hydrogen (secondary N) is 1. The molecule has 0 saturated heterocycles. The zero-order valence-corrected chi connectivity index (χ0v) is 17.8. The Balaban J connectivity index is 1.68. The Bertz CT molecular complexity index is 1010. The number of rotatable bonds is 7. The van der Waals surface area contributed by atoms with Gasteiger partial charge in [0, 0.05) is 27.5 Å². The first-order valence-corrected chi connectivity index (χ1v) is 9.72. The zero-order valence-electron chi connectivity index (χ0n) is 15.4. The molecule has 0 radical (unpaired) electrons. The van der Waals surface area contributed by atoms with Crippen LogP contribution in [0.15, 0.2) is 70.5 Å². The summed E-state index contributed by atoms with van der Waals surface area (Å²) in [4.78, 5) is 15.9. The maximum absolute atomic E-state index is 12.0. The van der Waals surface area contributed by atoms with E-state index in [2.05, 4.69) is 31.4 Å². The van der Waals surface area contributed by atoms with Crippen molar-refractivity contribution in [2.75, 3.05) is 7.11 Å². The van der Waals surface area contributed by atoms with Gasteiger partial charge in [0.05, 0.1) is 18.9 Å². The van der Waals surface area contributed by atoms with Crippen LogP contribution in [0, 0.1) is 0 Å². The van der Waals surface area contributed by atoms with Gasteiger partial charge in [0.2, 0.25) is 0 Å². The van der Waals surface area contributed by atoms with Crippen molar-refractivity contribution in [3.8, 4) is 11.5 Å². The first-order chi connectivity index (χ1) is 14.1. The average Bonchev–Trinajstić information content (AvgIpc) is 2.75. The summed E-state index contributed by atoms with van der Waals surface area (Å²) in [5.41, 5.74) is 4.59. The van der Waals surface area contributed by atoms with E-state index in [0.29, 0.717) is 34.3 Å². The SMILES string of the molecule is COc1cc(/C=N/NC(=O)c2cccnc2)c(Br)cc1OCc1ccc(Cl)cc1. The zero-order chi connectivity index (χ0) is 20.6. The number of hydrogen-bond donors (Lipinski definition) is 1. The Labute approximate surface area is 181 Å². The number of hydrogen-bond acceptors (Lipinski definition) is 5. The quantitative estimate of drug-likeness (QED) is 0.392. The van der Waals surface area contributed by atoms with Crippen LogP contribution in [0.4, 0.5) is 0 Å². The van der Waals surface area contributed by atoms with E-state index in [1.54, 1.807) is 37.6 Å². The molecule has 1 heterocycles. The predicted molar refractivity (Wildman–Crippen MR) is 116 cm³/mol. The smallest absolute Gasteiger partial charge is 0.272 e. The van der Waals surface area contributed by atoms with E-state index in [4.69, 9.17) is 21.1 Å². The summed E-state index contributed by atoms with van der Waals surface area (Å²) in [7, 11) is 1.56. The molecule has 6 nitrogen and oxygen atoms in total. The van der Waals surface area contributed by atoms with Crippen molar-refractivity contribution >= 4 is 39.7 Å².